The molecule has 0 saturated carbocycles. The second-order valence-electron chi connectivity index (χ2n) is 6.35. The molecule has 3 rings (SSSR count). The summed E-state index contributed by atoms with van der Waals surface area (Å²) in [6.45, 7) is 3.23. The van der Waals surface area contributed by atoms with Gasteiger partial charge in [-0.1, -0.05) is 11.6 Å². The molecule has 11 heteroatoms. The number of alkyl halides is 1. The third-order valence-electron chi connectivity index (χ3n) is 4.21. The van der Waals surface area contributed by atoms with Gasteiger partial charge in [0, 0.05) is 9.62 Å². The lowest BCUT2D eigenvalue weighted by Crippen LogP contribution is -2.77. The number of nitrogens with two attached hydrogens (primary N) is 1. The minimum absolute atomic E-state index is 0.427. The van der Waals surface area contributed by atoms with Crippen LogP contribution in [-0.4, -0.2) is 49.7 Å². The Kier molecular flexibility index (Phi) is 4.30. The number of nitrogens with one attached hydrogen (secondary N) is 1. The Hall–Kier alpha value is -1.36. The molecule has 1 aromatic heterocycles. The van der Waals surface area contributed by atoms with E-state index in [1.54, 1.807) is 26.0 Å². The molecule has 0 spiro atoms. The van der Waals surface area contributed by atoms with Gasteiger partial charge in [-0.15, -0.1) is 23.1 Å². The summed E-state index contributed by atoms with van der Waals surface area (Å²) in [6, 6.07) is 0.760. The topological polar surface area (TPSA) is 113 Å². The highest BCUT2D eigenvalue weighted by molar-refractivity contribution is 8.01. The van der Waals surface area contributed by atoms with E-state index in [-0.39, 0.29) is 0 Å². The summed E-state index contributed by atoms with van der Waals surface area (Å²) in [7, 11) is 0. The van der Waals surface area contributed by atoms with Gasteiger partial charge in [-0.3, -0.25) is 9.59 Å². The second-order valence-corrected chi connectivity index (χ2v) is 9.83. The number of β-lactam (4-membered cyclic amide) rings is 1. The molecule has 2 aliphatic heterocycles. The van der Waals surface area contributed by atoms with Crippen molar-refractivity contribution in [1.29, 1.82) is 0 Å². The first-order chi connectivity index (χ1) is 11.5. The molecule has 1 aromatic rings. The number of aliphatic carboxylic acids is 1. The van der Waals surface area contributed by atoms with Gasteiger partial charge >= 0.3 is 5.97 Å². The molecule has 4 atom stereocenters. The summed E-state index contributed by atoms with van der Waals surface area (Å²) in [5.41, 5.74) is 5.80. The summed E-state index contributed by atoms with van der Waals surface area (Å²) in [4.78, 5) is 37.4. The van der Waals surface area contributed by atoms with E-state index in [0.29, 0.717) is 9.21 Å². The Balaban J connectivity index is 1.79. The average Bonchev–Trinajstić information content (AvgIpc) is 3.05. The molecule has 25 heavy (non-hydrogen) atoms. The van der Waals surface area contributed by atoms with Crippen molar-refractivity contribution in [3.8, 4) is 0 Å². The molecule has 2 fully saturated rings. The highest BCUT2D eigenvalue weighted by Crippen LogP contribution is 2.55. The number of halogens is 2. The summed E-state index contributed by atoms with van der Waals surface area (Å²) in [5, 5.41) is 10.3. The number of carbonyl (C=O) groups excluding carboxylic acids is 2. The molecule has 0 aliphatic carbocycles. The van der Waals surface area contributed by atoms with E-state index in [9.17, 15) is 19.5 Å². The number of thiophene rings is 1. The first kappa shape index (κ1) is 18.4. The van der Waals surface area contributed by atoms with Gasteiger partial charge < -0.3 is 21.1 Å². The van der Waals surface area contributed by atoms with Crippen LogP contribution in [0.15, 0.2) is 12.1 Å². The zero-order valence-electron chi connectivity index (χ0n) is 13.2. The van der Waals surface area contributed by atoms with Crippen LogP contribution in [0.2, 0.25) is 4.34 Å². The highest BCUT2D eigenvalue weighted by atomic mass is 35.5. The molecule has 2 saturated heterocycles. The van der Waals surface area contributed by atoms with Crippen molar-refractivity contribution in [2.45, 2.75) is 41.8 Å². The lowest BCUT2D eigenvalue weighted by molar-refractivity contribution is -0.182. The fourth-order valence-electron chi connectivity index (χ4n) is 3.02. The third kappa shape index (κ3) is 2.71. The van der Waals surface area contributed by atoms with Gasteiger partial charge in [0.25, 0.3) is 11.7 Å². The number of carboxylic acids is 1. The van der Waals surface area contributed by atoms with Crippen LogP contribution in [0.5, 0.6) is 0 Å². The van der Waals surface area contributed by atoms with E-state index in [4.69, 9.17) is 17.3 Å². The van der Waals surface area contributed by atoms with Gasteiger partial charge in [0.2, 0.25) is 5.91 Å². The molecule has 0 bridgehead atoms. The Morgan fingerprint density at radius 1 is 1.48 bits per heavy atom. The normalized spacial score (nSPS) is 31.2. The highest BCUT2D eigenvalue weighted by Gasteiger charge is 2.73. The fourth-order valence-corrected chi connectivity index (χ4v) is 5.65. The van der Waals surface area contributed by atoms with E-state index in [1.807, 2.05) is 5.32 Å². The third-order valence-corrected chi connectivity index (χ3v) is 7.13. The molecule has 0 radical (unpaired) electrons. The van der Waals surface area contributed by atoms with Crippen LogP contribution in [0.1, 0.15) is 24.8 Å². The molecule has 2 unspecified atom stereocenters. The molecule has 2 aliphatic rings. The predicted octanol–water partition coefficient (Wildman–Crippen LogP) is 1.33. The maximum Gasteiger partial charge on any atom is 0.327 e. The summed E-state index contributed by atoms with van der Waals surface area (Å²) in [6.07, 6.45) is 0. The number of amides is 2. The SMILES string of the molecule is CC1(C)S[C@H]2N(C(=O)C2(F)NC(=O)C(N)c2ccc(Cl)s2)[C@H]1C(=O)O. The van der Waals surface area contributed by atoms with Gasteiger partial charge in [0.05, 0.1) is 4.34 Å². The van der Waals surface area contributed by atoms with Crippen LogP contribution >= 0.6 is 34.7 Å². The Labute approximate surface area is 155 Å². The minimum Gasteiger partial charge on any atom is -0.480 e. The molecule has 4 N–H and O–H groups in total. The molecule has 2 amide bonds. The van der Waals surface area contributed by atoms with Crippen molar-refractivity contribution in [2.24, 2.45) is 5.73 Å². The summed E-state index contributed by atoms with van der Waals surface area (Å²) < 4.78 is 14.7. The monoisotopic (exact) mass is 407 g/mol. The van der Waals surface area contributed by atoms with E-state index in [1.165, 1.54) is 0 Å². The van der Waals surface area contributed by atoms with Crippen LogP contribution in [0.3, 0.4) is 0 Å². The number of hydrogen-bond donors (Lipinski definition) is 3. The largest absolute Gasteiger partial charge is 0.480 e. The lowest BCUT2D eigenvalue weighted by atomic mass is 9.94. The molecule has 0 aromatic carbocycles. The van der Waals surface area contributed by atoms with Crippen molar-refractivity contribution >= 4 is 52.5 Å². The van der Waals surface area contributed by atoms with Gasteiger partial charge in [0.1, 0.15) is 17.5 Å². The summed E-state index contributed by atoms with van der Waals surface area (Å²) in [5.74, 6) is -5.84. The number of fused-ring (bicyclic) bond motifs is 1. The second kappa shape index (κ2) is 5.83. The Morgan fingerprint density at radius 3 is 2.64 bits per heavy atom. The van der Waals surface area contributed by atoms with Gasteiger partial charge in [0.15, 0.2) is 0 Å². The summed E-state index contributed by atoms with van der Waals surface area (Å²) >= 11 is 7.86. The quantitative estimate of drug-likeness (QED) is 0.512. The van der Waals surface area contributed by atoms with Crippen LogP contribution in [0, 0.1) is 0 Å². The van der Waals surface area contributed by atoms with Crippen molar-refractivity contribution in [1.82, 2.24) is 10.2 Å². The number of carbonyl (C=O) groups is 3. The first-order valence-electron chi connectivity index (χ1n) is 7.24. The molecular weight excluding hydrogens is 393 g/mol. The number of thioether (sulfide) groups is 1. The van der Waals surface area contributed by atoms with Crippen LogP contribution in [-0.2, 0) is 14.4 Å². The van der Waals surface area contributed by atoms with E-state index < -0.39 is 45.8 Å². The fraction of sp³-hybridized carbons (Fsp3) is 0.500. The molecule has 136 valence electrons. The Bertz CT molecular complexity index is 773. The van der Waals surface area contributed by atoms with Gasteiger partial charge in [-0.05, 0) is 26.0 Å². The minimum atomic E-state index is -2.68. The predicted molar refractivity (Wildman–Crippen MR) is 92.0 cm³/mol. The van der Waals surface area contributed by atoms with Gasteiger partial charge in [-0.25, -0.2) is 9.18 Å². The zero-order chi connectivity index (χ0) is 18.7. The maximum absolute atomic E-state index is 15.2. The van der Waals surface area contributed by atoms with E-state index in [0.717, 1.165) is 28.0 Å². The van der Waals surface area contributed by atoms with Crippen molar-refractivity contribution in [2.75, 3.05) is 0 Å². The number of hydrogen-bond acceptors (Lipinski definition) is 6. The lowest BCUT2D eigenvalue weighted by Gasteiger charge is -2.47. The van der Waals surface area contributed by atoms with Crippen molar-refractivity contribution < 1.29 is 23.9 Å². The average molecular weight is 408 g/mol. The number of rotatable bonds is 4. The molecule has 7 nitrogen and oxygen atoms in total. The van der Waals surface area contributed by atoms with Gasteiger partial charge in [-0.2, -0.15) is 0 Å². The molecular formula is C14H15ClFN3O4S2. The van der Waals surface area contributed by atoms with Crippen LogP contribution in [0.25, 0.3) is 0 Å². The number of carboxylic acid groups (broad SMARTS) is 1. The molecule has 3 heterocycles. The Morgan fingerprint density at radius 2 is 2.12 bits per heavy atom. The van der Waals surface area contributed by atoms with Crippen LogP contribution in [0.4, 0.5) is 4.39 Å². The smallest absolute Gasteiger partial charge is 0.327 e. The van der Waals surface area contributed by atoms with Crippen LogP contribution < -0.4 is 11.1 Å². The zero-order valence-corrected chi connectivity index (χ0v) is 15.5. The van der Waals surface area contributed by atoms with Crippen molar-refractivity contribution in [3.63, 3.8) is 0 Å². The standard InChI is InChI=1S/C14H15ClFN3O4S2/c1-13(2)8(10(21)22)19-11(23)14(16,12(19)25-13)18-9(20)7(17)5-3-4-6(15)24-5/h3-4,7-8,12H,17H2,1-2H3,(H,18,20)(H,21,22)/t7?,8-,12+,14?/m0/s1. The first-order valence-corrected chi connectivity index (χ1v) is 9.31. The number of nitrogens with zero attached hydrogens (tertiary/aromatic N) is 1. The van der Waals surface area contributed by atoms with Crippen molar-refractivity contribution in [3.05, 3.63) is 21.3 Å². The van der Waals surface area contributed by atoms with E-state index >= 15 is 4.39 Å². The van der Waals surface area contributed by atoms with E-state index in [2.05, 4.69) is 0 Å². The maximum atomic E-state index is 15.2.